The molecule has 0 unspecified atom stereocenters. The minimum atomic E-state index is -4.57. The molecule has 1 N–H and O–H groups in total. The highest BCUT2D eigenvalue weighted by molar-refractivity contribution is 5.94. The molecule has 0 spiro atoms. The Balaban J connectivity index is 2.43. The maximum absolute atomic E-state index is 13.1. The van der Waals surface area contributed by atoms with Gasteiger partial charge in [-0.15, -0.1) is 0 Å². The smallest absolute Gasteiger partial charge is 0.303 e. The van der Waals surface area contributed by atoms with Gasteiger partial charge < -0.3 is 4.57 Å². The van der Waals surface area contributed by atoms with Gasteiger partial charge in [0.15, 0.2) is 0 Å². The number of nitrogens with one attached hydrogen (secondary N) is 1. The number of hydrogen-bond donors (Lipinski definition) is 1. The summed E-state index contributed by atoms with van der Waals surface area (Å²) in [7, 11) is 2.69. The van der Waals surface area contributed by atoms with E-state index in [1.165, 1.54) is 26.5 Å². The molecule has 120 valence electrons. The summed E-state index contributed by atoms with van der Waals surface area (Å²) >= 11 is 0. The molecule has 0 saturated carbocycles. The fourth-order valence-corrected chi connectivity index (χ4v) is 2.43. The predicted octanol–water partition coefficient (Wildman–Crippen LogP) is 1.65. The summed E-state index contributed by atoms with van der Waals surface area (Å²) in [5.74, 6) is 0. The van der Waals surface area contributed by atoms with Crippen LogP contribution in [-0.4, -0.2) is 19.3 Å². The number of fused-ring (bicyclic) bond motifs is 1. The third-order valence-corrected chi connectivity index (χ3v) is 3.62. The lowest BCUT2D eigenvalue weighted by atomic mass is 10.0. The van der Waals surface area contributed by atoms with Crippen molar-refractivity contribution in [3.8, 4) is 11.1 Å². The number of halogens is 3. The van der Waals surface area contributed by atoms with E-state index in [-0.39, 0.29) is 16.6 Å². The van der Waals surface area contributed by atoms with Gasteiger partial charge in [-0.05, 0) is 12.1 Å². The molecule has 0 amide bonds. The Morgan fingerprint density at radius 1 is 1.13 bits per heavy atom. The van der Waals surface area contributed by atoms with Gasteiger partial charge in [0.25, 0.3) is 5.56 Å². The van der Waals surface area contributed by atoms with Crippen LogP contribution in [0.1, 0.15) is 5.56 Å². The van der Waals surface area contributed by atoms with E-state index in [1.54, 1.807) is 0 Å². The quantitative estimate of drug-likeness (QED) is 0.740. The monoisotopic (exact) mass is 324 g/mol. The lowest BCUT2D eigenvalue weighted by molar-refractivity contribution is -0.137. The third kappa shape index (κ3) is 2.33. The lowest BCUT2D eigenvalue weighted by Crippen LogP contribution is -2.37. The summed E-state index contributed by atoms with van der Waals surface area (Å²) in [4.78, 5) is 24.0. The van der Waals surface area contributed by atoms with Crippen LogP contribution in [0.15, 0.2) is 34.1 Å². The average molecular weight is 324 g/mol. The molecule has 0 aliphatic carbocycles. The standard InChI is InChI=1S/C14H11F3N4O2/c1-20-6-10(12(22)21(2)13(20)23)8-3-7(14(15,16)17)4-11-9(8)5-18-19-11/h3-6H,1-2H3,(H,18,19). The molecule has 0 bridgehead atoms. The van der Waals surface area contributed by atoms with E-state index in [0.29, 0.717) is 5.39 Å². The van der Waals surface area contributed by atoms with Crippen molar-refractivity contribution in [2.75, 3.05) is 0 Å². The summed E-state index contributed by atoms with van der Waals surface area (Å²) in [6.07, 6.45) is -2.00. The van der Waals surface area contributed by atoms with Crippen molar-refractivity contribution >= 4 is 10.9 Å². The molecular weight excluding hydrogens is 313 g/mol. The van der Waals surface area contributed by atoms with Crippen molar-refractivity contribution < 1.29 is 13.2 Å². The summed E-state index contributed by atoms with van der Waals surface area (Å²) in [6.45, 7) is 0. The van der Waals surface area contributed by atoms with Crippen molar-refractivity contribution in [3.05, 3.63) is 50.9 Å². The van der Waals surface area contributed by atoms with E-state index in [2.05, 4.69) is 10.2 Å². The second-order valence-electron chi connectivity index (χ2n) is 5.15. The second kappa shape index (κ2) is 4.83. The van der Waals surface area contributed by atoms with Crippen LogP contribution in [0.4, 0.5) is 13.2 Å². The molecule has 0 aliphatic heterocycles. The zero-order valence-corrected chi connectivity index (χ0v) is 12.1. The summed E-state index contributed by atoms with van der Waals surface area (Å²) in [5.41, 5.74) is -1.91. The molecule has 3 aromatic rings. The molecule has 3 rings (SSSR count). The number of aromatic nitrogens is 4. The first-order valence-corrected chi connectivity index (χ1v) is 6.51. The minimum Gasteiger partial charge on any atom is -0.303 e. The number of H-pyrrole nitrogens is 1. The maximum Gasteiger partial charge on any atom is 0.416 e. The first-order chi connectivity index (χ1) is 10.7. The minimum absolute atomic E-state index is 0.00731. The number of benzene rings is 1. The van der Waals surface area contributed by atoms with E-state index >= 15 is 0 Å². The molecule has 0 fully saturated rings. The SMILES string of the molecule is Cn1cc(-c2cc(C(F)(F)F)cc3[nH]ncc23)c(=O)n(C)c1=O. The highest BCUT2D eigenvalue weighted by Crippen LogP contribution is 2.35. The molecule has 0 radical (unpaired) electrons. The van der Waals surface area contributed by atoms with Gasteiger partial charge in [0.2, 0.25) is 0 Å². The van der Waals surface area contributed by atoms with Crippen LogP contribution < -0.4 is 11.2 Å². The number of aromatic amines is 1. The van der Waals surface area contributed by atoms with Crippen LogP contribution in [-0.2, 0) is 20.3 Å². The summed E-state index contributed by atoms with van der Waals surface area (Å²) in [6, 6.07) is 1.82. The fourth-order valence-electron chi connectivity index (χ4n) is 2.43. The topological polar surface area (TPSA) is 72.7 Å². The Bertz CT molecular complexity index is 1030. The van der Waals surface area contributed by atoms with Gasteiger partial charge in [-0.1, -0.05) is 0 Å². The van der Waals surface area contributed by atoms with E-state index in [4.69, 9.17) is 0 Å². The van der Waals surface area contributed by atoms with Crippen molar-refractivity contribution in [2.45, 2.75) is 6.18 Å². The second-order valence-corrected chi connectivity index (χ2v) is 5.15. The van der Waals surface area contributed by atoms with Crippen molar-refractivity contribution in [1.82, 2.24) is 19.3 Å². The van der Waals surface area contributed by atoms with Crippen molar-refractivity contribution in [3.63, 3.8) is 0 Å². The van der Waals surface area contributed by atoms with Crippen LogP contribution >= 0.6 is 0 Å². The summed E-state index contributed by atoms with van der Waals surface area (Å²) in [5, 5.41) is 6.58. The first kappa shape index (κ1) is 15.1. The molecule has 0 aliphatic rings. The van der Waals surface area contributed by atoms with Gasteiger partial charge in [0.05, 0.1) is 22.8 Å². The molecule has 1 aromatic carbocycles. The number of nitrogens with zero attached hydrogens (tertiary/aromatic N) is 3. The van der Waals surface area contributed by atoms with Crippen LogP contribution in [0.25, 0.3) is 22.0 Å². The number of rotatable bonds is 1. The molecule has 6 nitrogen and oxygen atoms in total. The molecule has 9 heteroatoms. The molecule has 0 atom stereocenters. The Kier molecular flexibility index (Phi) is 3.17. The van der Waals surface area contributed by atoms with Gasteiger partial charge in [-0.3, -0.25) is 14.5 Å². The zero-order chi connectivity index (χ0) is 16.9. The van der Waals surface area contributed by atoms with Crippen LogP contribution in [0, 0.1) is 0 Å². The molecule has 0 saturated heterocycles. The van der Waals surface area contributed by atoms with Gasteiger partial charge >= 0.3 is 11.9 Å². The first-order valence-electron chi connectivity index (χ1n) is 6.51. The maximum atomic E-state index is 13.1. The number of alkyl halides is 3. The van der Waals surface area contributed by atoms with Crippen LogP contribution in [0.5, 0.6) is 0 Å². The third-order valence-electron chi connectivity index (χ3n) is 3.62. The van der Waals surface area contributed by atoms with Crippen molar-refractivity contribution in [1.29, 1.82) is 0 Å². The van der Waals surface area contributed by atoms with Gasteiger partial charge in [0, 0.05) is 31.2 Å². The van der Waals surface area contributed by atoms with E-state index in [9.17, 15) is 22.8 Å². The summed E-state index contributed by atoms with van der Waals surface area (Å²) < 4.78 is 41.2. The Morgan fingerprint density at radius 3 is 2.48 bits per heavy atom. The molecule has 2 aromatic heterocycles. The van der Waals surface area contributed by atoms with E-state index in [1.807, 2.05) is 0 Å². The molecular formula is C14H11F3N4O2. The lowest BCUT2D eigenvalue weighted by Gasteiger charge is -2.11. The normalized spacial score (nSPS) is 12.0. The van der Waals surface area contributed by atoms with E-state index < -0.39 is 23.0 Å². The predicted molar refractivity (Wildman–Crippen MR) is 77.0 cm³/mol. The Labute approximate surface area is 126 Å². The highest BCUT2D eigenvalue weighted by atomic mass is 19.4. The Morgan fingerprint density at radius 2 is 1.83 bits per heavy atom. The van der Waals surface area contributed by atoms with Crippen LogP contribution in [0.3, 0.4) is 0 Å². The van der Waals surface area contributed by atoms with Gasteiger partial charge in [0.1, 0.15) is 0 Å². The highest BCUT2D eigenvalue weighted by Gasteiger charge is 2.32. The number of hydrogen-bond acceptors (Lipinski definition) is 3. The Hall–Kier alpha value is -2.84. The largest absolute Gasteiger partial charge is 0.416 e. The van der Waals surface area contributed by atoms with E-state index in [0.717, 1.165) is 21.3 Å². The number of aryl methyl sites for hydroxylation is 1. The van der Waals surface area contributed by atoms with Crippen molar-refractivity contribution in [2.24, 2.45) is 14.1 Å². The average Bonchev–Trinajstić information content (AvgIpc) is 2.95. The fraction of sp³-hybridized carbons (Fsp3) is 0.214. The van der Waals surface area contributed by atoms with Gasteiger partial charge in [-0.25, -0.2) is 4.79 Å². The zero-order valence-electron chi connectivity index (χ0n) is 12.1. The van der Waals surface area contributed by atoms with Crippen LogP contribution in [0.2, 0.25) is 0 Å². The molecule has 23 heavy (non-hydrogen) atoms. The van der Waals surface area contributed by atoms with Gasteiger partial charge in [-0.2, -0.15) is 18.3 Å². The molecule has 2 heterocycles.